The Morgan fingerprint density at radius 1 is 1.00 bits per heavy atom. The van der Waals surface area contributed by atoms with Crippen molar-refractivity contribution in [3.63, 3.8) is 0 Å². The van der Waals surface area contributed by atoms with E-state index in [9.17, 15) is 0 Å². The van der Waals surface area contributed by atoms with E-state index in [0.717, 1.165) is 0 Å². The Balaban J connectivity index is 2.88. The molecule has 4 nitrogen and oxygen atoms in total. The molecule has 0 fully saturated rings. The molecular weight excluding hydrogens is 158 g/mol. The van der Waals surface area contributed by atoms with Crippen LogP contribution < -0.4 is 0 Å². The monoisotopic (exact) mass is 168 g/mol. The van der Waals surface area contributed by atoms with E-state index in [4.69, 9.17) is 20.1 Å². The normalized spacial score (nSPS) is 19.3. The summed E-state index contributed by atoms with van der Waals surface area (Å²) in [5.74, 6) is 0. The molecule has 0 amide bonds. The zero-order chi connectivity index (χ0) is 9.19. The van der Waals surface area contributed by atoms with Gasteiger partial charge in [0.1, 0.15) is 0 Å². The minimum Gasteiger partial charge on any atom is -0.427 e. The van der Waals surface area contributed by atoms with Crippen molar-refractivity contribution in [2.75, 3.05) is 0 Å². The van der Waals surface area contributed by atoms with Gasteiger partial charge in [-0.2, -0.15) is 0 Å². The van der Waals surface area contributed by atoms with Gasteiger partial charge in [0.05, 0.1) is 5.21 Å². The molecule has 64 valence electrons. The first-order valence-corrected chi connectivity index (χ1v) is 3.66. The van der Waals surface area contributed by atoms with Crippen LogP contribution in [0.4, 0.5) is 0 Å². The molecule has 0 radical (unpaired) electrons. The predicted octanol–water partition coefficient (Wildman–Crippen LogP) is -1.27. The standard InChI is InChI=1S/C6H10B2O4/c9-7(10)6(8(11)12)4-2-1-3-5-6/h1-4,9-12H,5H2. The zero-order valence-corrected chi connectivity index (χ0v) is 6.46. The Kier molecular flexibility index (Phi) is 2.74. The Morgan fingerprint density at radius 2 is 1.58 bits per heavy atom. The highest BCUT2D eigenvalue weighted by Gasteiger charge is 2.49. The van der Waals surface area contributed by atoms with Crippen LogP contribution in [0.3, 0.4) is 0 Å². The van der Waals surface area contributed by atoms with E-state index in [-0.39, 0.29) is 6.42 Å². The second kappa shape index (κ2) is 3.45. The van der Waals surface area contributed by atoms with Crippen LogP contribution in [0.15, 0.2) is 24.3 Å². The van der Waals surface area contributed by atoms with E-state index in [1.165, 1.54) is 6.08 Å². The van der Waals surface area contributed by atoms with Crippen molar-refractivity contribution in [3.05, 3.63) is 24.3 Å². The van der Waals surface area contributed by atoms with Crippen molar-refractivity contribution >= 4 is 14.2 Å². The third kappa shape index (κ3) is 1.47. The molecular formula is C6H10B2O4. The molecule has 0 aromatic carbocycles. The lowest BCUT2D eigenvalue weighted by atomic mass is 9.38. The summed E-state index contributed by atoms with van der Waals surface area (Å²) in [6.07, 6.45) is 6.52. The summed E-state index contributed by atoms with van der Waals surface area (Å²) in [4.78, 5) is 0. The molecule has 0 heterocycles. The quantitative estimate of drug-likeness (QED) is 0.387. The molecule has 0 aromatic rings. The van der Waals surface area contributed by atoms with Crippen LogP contribution in [0.25, 0.3) is 0 Å². The Labute approximate surface area is 71.1 Å². The lowest BCUT2D eigenvalue weighted by Crippen LogP contribution is -2.44. The summed E-state index contributed by atoms with van der Waals surface area (Å²) in [5.41, 5.74) is 0. The first-order valence-electron chi connectivity index (χ1n) is 3.66. The van der Waals surface area contributed by atoms with E-state index in [2.05, 4.69) is 0 Å². The largest absolute Gasteiger partial charge is 0.460 e. The summed E-state index contributed by atoms with van der Waals surface area (Å²) < 4.78 is 0. The molecule has 0 unspecified atom stereocenters. The maximum atomic E-state index is 8.95. The molecule has 1 aliphatic carbocycles. The van der Waals surface area contributed by atoms with Crippen molar-refractivity contribution in [1.82, 2.24) is 0 Å². The van der Waals surface area contributed by atoms with Crippen LogP contribution >= 0.6 is 0 Å². The lowest BCUT2D eigenvalue weighted by molar-refractivity contribution is 0.334. The summed E-state index contributed by atoms with van der Waals surface area (Å²) in [7, 11) is -3.53. The summed E-state index contributed by atoms with van der Waals surface area (Å²) >= 11 is 0. The van der Waals surface area contributed by atoms with Crippen LogP contribution in [0, 0.1) is 0 Å². The van der Waals surface area contributed by atoms with Crippen LogP contribution in [-0.2, 0) is 0 Å². The van der Waals surface area contributed by atoms with Gasteiger partial charge in [-0.3, -0.25) is 0 Å². The van der Waals surface area contributed by atoms with Gasteiger partial charge in [0.25, 0.3) is 0 Å². The van der Waals surface area contributed by atoms with E-state index >= 15 is 0 Å². The van der Waals surface area contributed by atoms with E-state index in [0.29, 0.717) is 0 Å². The van der Waals surface area contributed by atoms with Crippen LogP contribution in [0.2, 0.25) is 5.21 Å². The predicted molar refractivity (Wildman–Crippen MR) is 46.0 cm³/mol. The summed E-state index contributed by atoms with van der Waals surface area (Å²) in [5, 5.41) is 34.4. The maximum absolute atomic E-state index is 8.95. The van der Waals surface area contributed by atoms with Crippen LogP contribution in [0.1, 0.15) is 6.42 Å². The highest BCUT2D eigenvalue weighted by molar-refractivity contribution is 6.69. The van der Waals surface area contributed by atoms with Crippen molar-refractivity contribution in [2.24, 2.45) is 0 Å². The average Bonchev–Trinajstić information content (AvgIpc) is 2.05. The van der Waals surface area contributed by atoms with Gasteiger partial charge in [-0.15, -0.1) is 0 Å². The molecule has 0 atom stereocenters. The Bertz CT molecular complexity index is 204. The van der Waals surface area contributed by atoms with E-state index in [1.807, 2.05) is 0 Å². The molecule has 4 N–H and O–H groups in total. The fraction of sp³-hybridized carbons (Fsp3) is 0.333. The van der Waals surface area contributed by atoms with Crippen molar-refractivity contribution in [3.8, 4) is 0 Å². The highest BCUT2D eigenvalue weighted by Crippen LogP contribution is 2.37. The third-order valence-electron chi connectivity index (χ3n) is 2.09. The fourth-order valence-corrected chi connectivity index (χ4v) is 1.17. The van der Waals surface area contributed by atoms with Crippen LogP contribution in [-0.4, -0.2) is 34.3 Å². The minimum atomic E-state index is -1.77. The van der Waals surface area contributed by atoms with Gasteiger partial charge in [-0.25, -0.2) is 0 Å². The fourth-order valence-electron chi connectivity index (χ4n) is 1.17. The molecule has 0 saturated carbocycles. The zero-order valence-electron chi connectivity index (χ0n) is 6.46. The first kappa shape index (κ1) is 9.54. The third-order valence-corrected chi connectivity index (χ3v) is 2.09. The van der Waals surface area contributed by atoms with Crippen molar-refractivity contribution in [2.45, 2.75) is 11.6 Å². The molecule has 0 aromatic heterocycles. The van der Waals surface area contributed by atoms with Gasteiger partial charge in [-0.1, -0.05) is 24.3 Å². The maximum Gasteiger partial charge on any atom is 0.460 e. The molecule has 0 bridgehead atoms. The second-order valence-electron chi connectivity index (χ2n) is 2.85. The summed E-state index contributed by atoms with van der Waals surface area (Å²) in [6, 6.07) is 0. The van der Waals surface area contributed by atoms with Crippen molar-refractivity contribution in [1.29, 1.82) is 0 Å². The molecule has 0 spiro atoms. The van der Waals surface area contributed by atoms with Gasteiger partial charge in [0, 0.05) is 0 Å². The Hall–Kier alpha value is -0.550. The van der Waals surface area contributed by atoms with E-state index in [1.54, 1.807) is 18.2 Å². The van der Waals surface area contributed by atoms with Gasteiger partial charge in [0.15, 0.2) is 0 Å². The SMILES string of the molecule is OB(O)C1(B(O)O)C=CC=CC1. The van der Waals surface area contributed by atoms with Crippen molar-refractivity contribution < 1.29 is 20.1 Å². The van der Waals surface area contributed by atoms with Crippen LogP contribution in [0.5, 0.6) is 0 Å². The minimum absolute atomic E-state index is 0.207. The first-order chi connectivity index (χ1) is 5.59. The number of hydrogen-bond donors (Lipinski definition) is 4. The summed E-state index contributed by atoms with van der Waals surface area (Å²) in [6.45, 7) is 0. The van der Waals surface area contributed by atoms with Gasteiger partial charge in [0.2, 0.25) is 0 Å². The molecule has 1 rings (SSSR count). The molecule has 6 heteroatoms. The number of hydrogen-bond acceptors (Lipinski definition) is 4. The number of allylic oxidation sites excluding steroid dienone is 4. The number of rotatable bonds is 2. The molecule has 1 aliphatic rings. The van der Waals surface area contributed by atoms with Gasteiger partial charge < -0.3 is 20.1 Å². The average molecular weight is 168 g/mol. The molecule has 12 heavy (non-hydrogen) atoms. The van der Waals surface area contributed by atoms with E-state index < -0.39 is 19.5 Å². The van der Waals surface area contributed by atoms with Gasteiger partial charge in [-0.05, 0) is 6.42 Å². The smallest absolute Gasteiger partial charge is 0.427 e. The lowest BCUT2D eigenvalue weighted by Gasteiger charge is -2.28. The van der Waals surface area contributed by atoms with Gasteiger partial charge >= 0.3 is 14.2 Å². The second-order valence-corrected chi connectivity index (χ2v) is 2.85. The molecule has 0 aliphatic heterocycles. The molecule has 0 saturated heterocycles. The topological polar surface area (TPSA) is 80.9 Å². The highest BCUT2D eigenvalue weighted by atomic mass is 16.4. The Morgan fingerprint density at radius 3 is 1.83 bits per heavy atom.